The summed E-state index contributed by atoms with van der Waals surface area (Å²) in [4.78, 5) is 0. The van der Waals surface area contributed by atoms with E-state index in [1.807, 2.05) is 0 Å². The van der Waals surface area contributed by atoms with Gasteiger partial charge in [-0.05, 0) is 6.92 Å². The number of hydrogen-bond acceptors (Lipinski definition) is 3. The van der Waals surface area contributed by atoms with Crippen molar-refractivity contribution in [1.82, 2.24) is 20.1 Å². The van der Waals surface area contributed by atoms with Crippen LogP contribution in [-0.2, 0) is 13.6 Å². The molecule has 0 saturated carbocycles. The zero-order chi connectivity index (χ0) is 10.8. The second-order valence-electron chi connectivity index (χ2n) is 2.94. The van der Waals surface area contributed by atoms with Gasteiger partial charge in [0.15, 0.2) is 0 Å². The van der Waals surface area contributed by atoms with E-state index in [1.54, 1.807) is 18.5 Å². The topological polar surface area (TPSA) is 42.7 Å². The average molecular weight is 208 g/mol. The van der Waals surface area contributed by atoms with Crippen LogP contribution in [0, 0.1) is 6.92 Å². The highest BCUT2D eigenvalue weighted by atomic mass is 19.4. The van der Waals surface area contributed by atoms with Gasteiger partial charge < -0.3 is 9.88 Å². The molecule has 0 saturated heterocycles. The summed E-state index contributed by atoms with van der Waals surface area (Å²) in [6.45, 7) is 0.788. The van der Waals surface area contributed by atoms with Crippen molar-refractivity contribution in [3.63, 3.8) is 0 Å². The van der Waals surface area contributed by atoms with Gasteiger partial charge in [-0.1, -0.05) is 0 Å². The molecule has 0 unspecified atom stereocenters. The first-order chi connectivity index (χ1) is 6.40. The van der Waals surface area contributed by atoms with Crippen molar-refractivity contribution in [3.05, 3.63) is 11.6 Å². The molecule has 1 aromatic heterocycles. The van der Waals surface area contributed by atoms with Crippen molar-refractivity contribution in [1.29, 1.82) is 0 Å². The van der Waals surface area contributed by atoms with Gasteiger partial charge in [-0.2, -0.15) is 13.2 Å². The molecule has 0 fully saturated rings. The van der Waals surface area contributed by atoms with Crippen LogP contribution in [0.4, 0.5) is 13.2 Å². The highest BCUT2D eigenvalue weighted by Gasteiger charge is 2.26. The predicted molar refractivity (Wildman–Crippen MR) is 43.5 cm³/mol. The van der Waals surface area contributed by atoms with Gasteiger partial charge in [0.2, 0.25) is 0 Å². The van der Waals surface area contributed by atoms with E-state index >= 15 is 0 Å². The molecule has 0 bridgehead atoms. The maximum atomic E-state index is 11.8. The summed E-state index contributed by atoms with van der Waals surface area (Å²) in [5.41, 5.74) is 0. The van der Waals surface area contributed by atoms with Crippen molar-refractivity contribution >= 4 is 0 Å². The molecule has 1 heterocycles. The molecule has 0 spiro atoms. The van der Waals surface area contributed by atoms with E-state index in [9.17, 15) is 13.2 Å². The van der Waals surface area contributed by atoms with Crippen molar-refractivity contribution in [2.24, 2.45) is 7.05 Å². The van der Waals surface area contributed by atoms with E-state index in [4.69, 9.17) is 0 Å². The van der Waals surface area contributed by atoms with Crippen LogP contribution >= 0.6 is 0 Å². The number of aryl methyl sites for hydroxylation is 1. The zero-order valence-corrected chi connectivity index (χ0v) is 7.89. The third kappa shape index (κ3) is 2.99. The molecule has 4 nitrogen and oxygen atoms in total. The number of halogens is 3. The van der Waals surface area contributed by atoms with Gasteiger partial charge in [0.1, 0.15) is 11.6 Å². The molecule has 1 aromatic rings. The Bertz CT molecular complexity index is 304. The minimum absolute atomic E-state index is 0.0663. The van der Waals surface area contributed by atoms with E-state index < -0.39 is 12.7 Å². The molecule has 0 aromatic carbocycles. The number of nitrogens with zero attached hydrogens (tertiary/aromatic N) is 3. The molecule has 0 aliphatic carbocycles. The minimum Gasteiger partial charge on any atom is -0.317 e. The van der Waals surface area contributed by atoms with E-state index in [2.05, 4.69) is 15.5 Å². The fourth-order valence-electron chi connectivity index (χ4n) is 0.921. The van der Waals surface area contributed by atoms with Crippen molar-refractivity contribution in [3.8, 4) is 0 Å². The lowest BCUT2D eigenvalue weighted by atomic mass is 10.5. The second-order valence-corrected chi connectivity index (χ2v) is 2.94. The number of aromatic nitrogens is 3. The van der Waals surface area contributed by atoms with Gasteiger partial charge in [0, 0.05) is 7.05 Å². The lowest BCUT2D eigenvalue weighted by Gasteiger charge is -2.07. The van der Waals surface area contributed by atoms with Crippen LogP contribution in [-0.4, -0.2) is 27.5 Å². The molecular weight excluding hydrogens is 197 g/mol. The highest BCUT2D eigenvalue weighted by Crippen LogP contribution is 2.12. The van der Waals surface area contributed by atoms with Gasteiger partial charge >= 0.3 is 6.18 Å². The van der Waals surface area contributed by atoms with Crippen LogP contribution < -0.4 is 5.32 Å². The van der Waals surface area contributed by atoms with Gasteiger partial charge in [0.25, 0.3) is 0 Å². The Labute approximate surface area is 79.1 Å². The lowest BCUT2D eigenvalue weighted by Crippen LogP contribution is -2.29. The molecule has 0 radical (unpaired) electrons. The summed E-state index contributed by atoms with van der Waals surface area (Å²) in [6, 6.07) is 0. The highest BCUT2D eigenvalue weighted by molar-refractivity contribution is 4.91. The van der Waals surface area contributed by atoms with E-state index in [0.717, 1.165) is 0 Å². The summed E-state index contributed by atoms with van der Waals surface area (Å²) < 4.78 is 36.9. The molecule has 7 heteroatoms. The van der Waals surface area contributed by atoms with Crippen molar-refractivity contribution in [2.75, 3.05) is 6.54 Å². The summed E-state index contributed by atoms with van der Waals surface area (Å²) in [7, 11) is 1.71. The Morgan fingerprint density at radius 2 is 2.00 bits per heavy atom. The maximum absolute atomic E-state index is 11.8. The van der Waals surface area contributed by atoms with Gasteiger partial charge in [0.05, 0.1) is 13.1 Å². The van der Waals surface area contributed by atoms with Gasteiger partial charge in [-0.25, -0.2) is 0 Å². The Morgan fingerprint density at radius 1 is 1.36 bits per heavy atom. The van der Waals surface area contributed by atoms with Crippen LogP contribution in [0.15, 0.2) is 0 Å². The number of nitrogens with one attached hydrogen (secondary N) is 1. The Morgan fingerprint density at radius 3 is 2.43 bits per heavy atom. The van der Waals surface area contributed by atoms with Crippen molar-refractivity contribution < 1.29 is 13.2 Å². The Hall–Kier alpha value is -1.11. The summed E-state index contributed by atoms with van der Waals surface area (Å²) in [5, 5.41) is 9.69. The third-order valence-electron chi connectivity index (χ3n) is 1.79. The van der Waals surface area contributed by atoms with E-state index in [1.165, 1.54) is 0 Å². The maximum Gasteiger partial charge on any atom is 0.401 e. The zero-order valence-electron chi connectivity index (χ0n) is 7.89. The molecule has 14 heavy (non-hydrogen) atoms. The van der Waals surface area contributed by atoms with Gasteiger partial charge in [-0.15, -0.1) is 10.2 Å². The third-order valence-corrected chi connectivity index (χ3v) is 1.79. The molecule has 1 rings (SSSR count). The molecule has 0 amide bonds. The van der Waals surface area contributed by atoms with Crippen LogP contribution in [0.3, 0.4) is 0 Å². The van der Waals surface area contributed by atoms with E-state index in [-0.39, 0.29) is 6.54 Å². The predicted octanol–water partition coefficient (Wildman–Crippen LogP) is 0.775. The molecule has 80 valence electrons. The summed E-state index contributed by atoms with van der Waals surface area (Å²) in [5.74, 6) is 1.17. The first-order valence-corrected chi connectivity index (χ1v) is 4.02. The minimum atomic E-state index is -4.19. The fourth-order valence-corrected chi connectivity index (χ4v) is 0.921. The molecule has 0 aliphatic rings. The fraction of sp³-hybridized carbons (Fsp3) is 0.714. The summed E-state index contributed by atoms with van der Waals surface area (Å²) >= 11 is 0. The number of rotatable bonds is 3. The first-order valence-electron chi connectivity index (χ1n) is 4.02. The molecule has 0 aliphatic heterocycles. The second kappa shape index (κ2) is 3.95. The monoisotopic (exact) mass is 208 g/mol. The number of alkyl halides is 3. The van der Waals surface area contributed by atoms with Crippen molar-refractivity contribution in [2.45, 2.75) is 19.6 Å². The quantitative estimate of drug-likeness (QED) is 0.798. The number of hydrogen-bond donors (Lipinski definition) is 1. The molecular formula is C7H11F3N4. The normalized spacial score (nSPS) is 12.1. The largest absolute Gasteiger partial charge is 0.401 e. The average Bonchev–Trinajstić information content (AvgIpc) is 2.33. The van der Waals surface area contributed by atoms with Crippen LogP contribution in [0.2, 0.25) is 0 Å². The Kier molecular flexibility index (Phi) is 3.10. The SMILES string of the molecule is Cc1nnc(CNCC(F)(F)F)n1C. The van der Waals surface area contributed by atoms with E-state index in [0.29, 0.717) is 11.6 Å². The summed E-state index contributed by atoms with van der Waals surface area (Å²) in [6.07, 6.45) is -4.19. The smallest absolute Gasteiger partial charge is 0.317 e. The van der Waals surface area contributed by atoms with Crippen LogP contribution in [0.1, 0.15) is 11.6 Å². The standard InChI is InChI=1S/C7H11F3N4/c1-5-12-13-6(14(5)2)3-11-4-7(8,9)10/h11H,3-4H2,1-2H3. The first kappa shape index (κ1) is 11.0. The van der Waals surface area contributed by atoms with Crippen LogP contribution in [0.25, 0.3) is 0 Å². The van der Waals surface area contributed by atoms with Crippen LogP contribution in [0.5, 0.6) is 0 Å². The molecule has 0 atom stereocenters. The molecule has 1 N–H and O–H groups in total. The van der Waals surface area contributed by atoms with Gasteiger partial charge in [-0.3, -0.25) is 0 Å². The Balaban J connectivity index is 2.43. The lowest BCUT2D eigenvalue weighted by molar-refractivity contribution is -0.125.